The molecule has 144 valence electrons. The minimum atomic E-state index is -0.549. The van der Waals surface area contributed by atoms with Gasteiger partial charge in [0.15, 0.2) is 0 Å². The quantitative estimate of drug-likeness (QED) is 0.641. The van der Waals surface area contributed by atoms with E-state index < -0.39 is 11.9 Å². The Balaban J connectivity index is 2.73. The van der Waals surface area contributed by atoms with Crippen LogP contribution in [-0.4, -0.2) is 24.3 Å². The molecule has 0 saturated heterocycles. The summed E-state index contributed by atoms with van der Waals surface area (Å²) in [5, 5.41) is 3.15. The highest BCUT2D eigenvalue weighted by Gasteiger charge is 2.39. The van der Waals surface area contributed by atoms with Crippen LogP contribution in [0.2, 0.25) is 5.02 Å². The molecule has 27 heavy (non-hydrogen) atoms. The molecule has 1 atom stereocenters. The maximum absolute atomic E-state index is 12.8. The number of ether oxygens (including phenoxy) is 1. The van der Waals surface area contributed by atoms with Crippen molar-refractivity contribution in [1.29, 1.82) is 0 Å². The molecule has 0 aliphatic carbocycles. The predicted molar refractivity (Wildman–Crippen MR) is 105 cm³/mol. The lowest BCUT2D eigenvalue weighted by atomic mass is 9.80. The predicted octanol–water partition coefficient (Wildman–Crippen LogP) is 1.51. The second-order valence-corrected chi connectivity index (χ2v) is 6.56. The minimum absolute atomic E-state index is 0.241. The van der Waals surface area contributed by atoms with E-state index in [1.807, 2.05) is 25.1 Å². The second-order valence-electron chi connectivity index (χ2n) is 6.16. The molecule has 1 amide bonds. The maximum atomic E-state index is 12.8. The smallest absolute Gasteiger partial charge is 0.338 e. The topological polar surface area (TPSA) is 95.4 Å². The van der Waals surface area contributed by atoms with Gasteiger partial charge in [-0.1, -0.05) is 36.7 Å². The number of nitrogens with one attached hydrogen (secondary N) is 2. The summed E-state index contributed by atoms with van der Waals surface area (Å²) in [6.07, 6.45) is 2.96. The van der Waals surface area contributed by atoms with Gasteiger partial charge in [-0.05, 0) is 25.0 Å². The van der Waals surface area contributed by atoms with Crippen LogP contribution in [-0.2, 0) is 14.3 Å². The Morgan fingerprint density at radius 2 is 2.04 bits per heavy atom. The van der Waals surface area contributed by atoms with E-state index in [-0.39, 0.29) is 12.5 Å². The molecule has 0 aromatic heterocycles. The Kier molecular flexibility index (Phi) is 7.19. The van der Waals surface area contributed by atoms with E-state index in [4.69, 9.17) is 22.1 Å². The molecule has 1 aliphatic rings. The molecule has 1 heterocycles. The molecule has 7 heteroatoms. The van der Waals surface area contributed by atoms with Gasteiger partial charge in [-0.3, -0.25) is 10.5 Å². The molecule has 0 saturated carbocycles. The number of hydrogen-bond acceptors (Lipinski definition) is 4. The van der Waals surface area contributed by atoms with Crippen LogP contribution in [0.4, 0.5) is 0 Å². The zero-order valence-electron chi connectivity index (χ0n) is 15.8. The monoisotopic (exact) mass is 390 g/mol. The molecule has 0 spiro atoms. The number of rotatable bonds is 6. The number of carbonyl (C=O) groups is 2. The van der Waals surface area contributed by atoms with Gasteiger partial charge in [0.1, 0.15) is 5.70 Å². The first-order valence-corrected chi connectivity index (χ1v) is 9.30. The molecule has 0 radical (unpaired) electrons. The Hall–Kier alpha value is -2.60. The first-order chi connectivity index (χ1) is 12.9. The van der Waals surface area contributed by atoms with Crippen LogP contribution < -0.4 is 16.0 Å². The molecule has 0 fully saturated rings. The largest absolute Gasteiger partial charge is 0.462 e. The third-order valence-corrected chi connectivity index (χ3v) is 4.51. The molecule has 1 aromatic rings. The fourth-order valence-corrected chi connectivity index (χ4v) is 3.30. The van der Waals surface area contributed by atoms with Gasteiger partial charge in [-0.2, -0.15) is 0 Å². The second kappa shape index (κ2) is 9.37. The van der Waals surface area contributed by atoms with Crippen LogP contribution in [0.25, 0.3) is 0 Å². The van der Waals surface area contributed by atoms with Gasteiger partial charge in [0.05, 0.1) is 23.7 Å². The van der Waals surface area contributed by atoms with Gasteiger partial charge in [-0.25, -0.2) is 9.79 Å². The van der Waals surface area contributed by atoms with Gasteiger partial charge in [-0.15, -0.1) is 0 Å². The Labute approximate surface area is 164 Å². The molecule has 6 nitrogen and oxygen atoms in total. The standard InChI is InChI=1S/C20H24ClN3O3/c1-4-8-16-18(20(26)27-5-2)17(13-9-6-7-10-15(13)21)14(19(22)24-16)11-23-12(3)25/h6-7,9-11,17H,4-5,8H2,1-3H3,(H2,22,24)(H,23,25)/p+1/b14-11-. The molecular formula is C20H25ClN3O3+. The first kappa shape index (κ1) is 20.7. The zero-order chi connectivity index (χ0) is 20.0. The normalized spacial score (nSPS) is 18.3. The number of amidine groups is 1. The van der Waals surface area contributed by atoms with Crippen molar-refractivity contribution in [2.75, 3.05) is 6.61 Å². The number of carbonyl (C=O) groups excluding carboxylic acids is 2. The lowest BCUT2D eigenvalue weighted by Crippen LogP contribution is -2.76. The van der Waals surface area contributed by atoms with E-state index in [0.717, 1.165) is 12.0 Å². The summed E-state index contributed by atoms with van der Waals surface area (Å²) in [7, 11) is 0. The van der Waals surface area contributed by atoms with Crippen LogP contribution >= 0.6 is 11.6 Å². The maximum Gasteiger partial charge on any atom is 0.338 e. The van der Waals surface area contributed by atoms with E-state index in [1.165, 1.54) is 13.1 Å². The minimum Gasteiger partial charge on any atom is -0.462 e. The van der Waals surface area contributed by atoms with Crippen molar-refractivity contribution < 1.29 is 19.3 Å². The van der Waals surface area contributed by atoms with E-state index in [0.29, 0.717) is 34.1 Å². The molecule has 4 N–H and O–H groups in total. The third-order valence-electron chi connectivity index (χ3n) is 4.16. The van der Waals surface area contributed by atoms with Crippen molar-refractivity contribution >= 4 is 29.3 Å². The Bertz CT molecular complexity index is 828. The van der Waals surface area contributed by atoms with Crippen LogP contribution in [0, 0.1) is 0 Å². The van der Waals surface area contributed by atoms with E-state index in [9.17, 15) is 9.59 Å². The summed E-state index contributed by atoms with van der Waals surface area (Å²) in [6.45, 7) is 5.42. The van der Waals surface area contributed by atoms with E-state index in [1.54, 1.807) is 13.0 Å². The van der Waals surface area contributed by atoms with Crippen LogP contribution in [0.5, 0.6) is 0 Å². The molecule has 1 unspecified atom stereocenters. The van der Waals surface area contributed by atoms with Crippen LogP contribution in [0.3, 0.4) is 0 Å². The first-order valence-electron chi connectivity index (χ1n) is 8.92. The lowest BCUT2D eigenvalue weighted by Gasteiger charge is -2.26. The molecule has 1 aromatic carbocycles. The van der Waals surface area contributed by atoms with Gasteiger partial charge in [0.2, 0.25) is 5.91 Å². The molecule has 1 aliphatic heterocycles. The molecule has 2 rings (SSSR count). The summed E-state index contributed by atoms with van der Waals surface area (Å²) in [5.74, 6) is -0.855. The summed E-state index contributed by atoms with van der Waals surface area (Å²) >= 11 is 6.45. The number of benzene rings is 1. The number of halogens is 1. The summed E-state index contributed by atoms with van der Waals surface area (Å²) in [6, 6.07) is 7.26. The van der Waals surface area contributed by atoms with Gasteiger partial charge < -0.3 is 10.1 Å². The average molecular weight is 391 g/mol. The van der Waals surface area contributed by atoms with Crippen LogP contribution in [0.1, 0.15) is 45.1 Å². The van der Waals surface area contributed by atoms with Crippen molar-refractivity contribution in [2.45, 2.75) is 39.5 Å². The fourth-order valence-electron chi connectivity index (χ4n) is 3.06. The van der Waals surface area contributed by atoms with E-state index >= 15 is 0 Å². The number of amides is 1. The van der Waals surface area contributed by atoms with Crippen molar-refractivity contribution in [3.63, 3.8) is 0 Å². The third kappa shape index (κ3) is 4.77. The average Bonchev–Trinajstić information content (AvgIpc) is 2.61. The van der Waals surface area contributed by atoms with Crippen molar-refractivity contribution in [2.24, 2.45) is 5.73 Å². The number of nitrogens with two attached hydrogens (primary N) is 1. The Morgan fingerprint density at radius 1 is 1.33 bits per heavy atom. The molecular weight excluding hydrogens is 366 g/mol. The van der Waals surface area contributed by atoms with Crippen molar-refractivity contribution in [3.8, 4) is 0 Å². The van der Waals surface area contributed by atoms with Gasteiger partial charge in [0.25, 0.3) is 5.84 Å². The van der Waals surface area contributed by atoms with Gasteiger partial charge in [0, 0.05) is 24.6 Å². The highest BCUT2D eigenvalue weighted by molar-refractivity contribution is 6.31. The Morgan fingerprint density at radius 3 is 2.63 bits per heavy atom. The number of allylic oxidation sites excluding steroid dienone is 1. The SMILES string of the molecule is CCCC1=C(C(=O)OCC)C(c2ccccc2Cl)/C(=C/NC(C)=O)C(N)=[NH+]1. The lowest BCUT2D eigenvalue weighted by molar-refractivity contribution is -0.404. The fraction of sp³-hybridized carbons (Fsp3) is 0.350. The highest BCUT2D eigenvalue weighted by Crippen LogP contribution is 2.38. The number of esters is 1. The van der Waals surface area contributed by atoms with Crippen molar-refractivity contribution in [1.82, 2.24) is 5.32 Å². The van der Waals surface area contributed by atoms with Crippen molar-refractivity contribution in [3.05, 3.63) is 57.9 Å². The van der Waals surface area contributed by atoms with Gasteiger partial charge >= 0.3 is 5.97 Å². The summed E-state index contributed by atoms with van der Waals surface area (Å²) < 4.78 is 5.31. The highest BCUT2D eigenvalue weighted by atomic mass is 35.5. The number of hydrogen-bond donors (Lipinski definition) is 3. The zero-order valence-corrected chi connectivity index (χ0v) is 16.5. The summed E-state index contributed by atoms with van der Waals surface area (Å²) in [5.41, 5.74) is 8.70. The van der Waals surface area contributed by atoms with E-state index in [2.05, 4.69) is 10.3 Å². The summed E-state index contributed by atoms with van der Waals surface area (Å²) in [4.78, 5) is 27.4. The molecule has 0 bridgehead atoms. The van der Waals surface area contributed by atoms with Crippen LogP contribution in [0.15, 0.2) is 47.3 Å².